The van der Waals surface area contributed by atoms with Crippen molar-refractivity contribution >= 4 is 0 Å². The largest absolute Gasteiger partial charge is 0.112 e. The van der Waals surface area contributed by atoms with Crippen LogP contribution < -0.4 is 0 Å². The van der Waals surface area contributed by atoms with Crippen LogP contribution in [-0.2, 0) is 5.41 Å². The number of hydrogen-bond donors (Lipinski definition) is 0. The lowest BCUT2D eigenvalue weighted by Gasteiger charge is -2.33. The van der Waals surface area contributed by atoms with Crippen LogP contribution in [0.4, 0.5) is 0 Å². The molecule has 3 aromatic carbocycles. The summed E-state index contributed by atoms with van der Waals surface area (Å²) in [6.45, 7) is 2.12. The van der Waals surface area contributed by atoms with Gasteiger partial charge in [-0.25, -0.2) is 0 Å². The Bertz CT molecular complexity index is 1030. The van der Waals surface area contributed by atoms with Crippen LogP contribution in [0.1, 0.15) is 23.6 Å². The summed E-state index contributed by atoms with van der Waals surface area (Å²) in [6.07, 6.45) is 4.41. The maximum atomic E-state index is 3.64. The van der Waals surface area contributed by atoms with Gasteiger partial charge in [-0.3, -0.25) is 0 Å². The third-order valence-electron chi connectivity index (χ3n) is 5.39. The maximum Gasteiger partial charge on any atom is 0.0786 e. The van der Waals surface area contributed by atoms with Crippen molar-refractivity contribution in [1.82, 2.24) is 0 Å². The van der Waals surface area contributed by atoms with E-state index in [4.69, 9.17) is 0 Å². The monoisotopic (exact) mass is 318 g/mol. The van der Waals surface area contributed by atoms with E-state index in [1.54, 1.807) is 0 Å². The zero-order valence-corrected chi connectivity index (χ0v) is 14.2. The fraction of sp³-hybridized carbons (Fsp3) is 0.0800. The SMILES string of the molecule is CC1=C=C(C2(c3ccccc3)c3ccccc3-c3ccccc32)C=C1. The molecule has 0 N–H and O–H groups in total. The van der Waals surface area contributed by atoms with Crippen molar-refractivity contribution < 1.29 is 0 Å². The van der Waals surface area contributed by atoms with E-state index in [9.17, 15) is 0 Å². The van der Waals surface area contributed by atoms with Gasteiger partial charge in [0.25, 0.3) is 0 Å². The summed E-state index contributed by atoms with van der Waals surface area (Å²) in [7, 11) is 0. The van der Waals surface area contributed by atoms with Gasteiger partial charge >= 0.3 is 0 Å². The lowest BCUT2D eigenvalue weighted by molar-refractivity contribution is 0.770. The molecule has 0 bridgehead atoms. The van der Waals surface area contributed by atoms with Crippen LogP contribution in [-0.4, -0.2) is 0 Å². The molecule has 118 valence electrons. The van der Waals surface area contributed by atoms with Crippen LogP contribution in [0.2, 0.25) is 0 Å². The second kappa shape index (κ2) is 5.21. The number of benzene rings is 3. The molecule has 0 heteroatoms. The molecular weight excluding hydrogens is 300 g/mol. The van der Waals surface area contributed by atoms with Gasteiger partial charge in [-0.1, -0.05) is 84.9 Å². The molecule has 0 saturated heterocycles. The Morgan fingerprint density at radius 1 is 0.640 bits per heavy atom. The first-order valence-electron chi connectivity index (χ1n) is 8.73. The van der Waals surface area contributed by atoms with Crippen LogP contribution in [0.5, 0.6) is 0 Å². The molecule has 2 aliphatic carbocycles. The molecule has 0 spiro atoms. The van der Waals surface area contributed by atoms with Crippen molar-refractivity contribution in [3.63, 3.8) is 0 Å². The van der Waals surface area contributed by atoms with Gasteiger partial charge in [0.15, 0.2) is 0 Å². The molecule has 0 nitrogen and oxygen atoms in total. The van der Waals surface area contributed by atoms with Crippen molar-refractivity contribution in [2.24, 2.45) is 0 Å². The second-order valence-electron chi connectivity index (χ2n) is 6.76. The lowest BCUT2D eigenvalue weighted by atomic mass is 9.67. The van der Waals surface area contributed by atoms with Gasteiger partial charge in [0.05, 0.1) is 5.41 Å². The average Bonchev–Trinajstić information content (AvgIpc) is 3.23. The van der Waals surface area contributed by atoms with Gasteiger partial charge in [0.2, 0.25) is 0 Å². The summed E-state index contributed by atoms with van der Waals surface area (Å²) in [5.41, 5.74) is 12.4. The highest BCUT2D eigenvalue weighted by molar-refractivity contribution is 5.86. The van der Waals surface area contributed by atoms with E-state index in [0.717, 1.165) is 0 Å². The van der Waals surface area contributed by atoms with Gasteiger partial charge < -0.3 is 0 Å². The average molecular weight is 318 g/mol. The zero-order valence-electron chi connectivity index (χ0n) is 14.2. The highest BCUT2D eigenvalue weighted by atomic mass is 14.5. The van der Waals surface area contributed by atoms with Crippen LogP contribution in [0.25, 0.3) is 11.1 Å². The molecule has 0 saturated carbocycles. The highest BCUT2D eigenvalue weighted by Crippen LogP contribution is 2.56. The fourth-order valence-corrected chi connectivity index (χ4v) is 4.40. The Morgan fingerprint density at radius 3 is 1.76 bits per heavy atom. The van der Waals surface area contributed by atoms with Gasteiger partial charge in [0.1, 0.15) is 0 Å². The molecule has 0 amide bonds. The first kappa shape index (κ1) is 14.3. The predicted octanol–water partition coefficient (Wildman–Crippen LogP) is 6.04. The summed E-state index contributed by atoms with van der Waals surface area (Å²) in [5, 5.41) is 0. The molecule has 0 unspecified atom stereocenters. The quantitative estimate of drug-likeness (QED) is 0.505. The molecule has 0 heterocycles. The van der Waals surface area contributed by atoms with Crippen molar-refractivity contribution in [2.45, 2.75) is 12.3 Å². The summed E-state index contributed by atoms with van der Waals surface area (Å²) >= 11 is 0. The maximum absolute atomic E-state index is 3.64. The molecule has 0 aliphatic heterocycles. The first-order chi connectivity index (χ1) is 12.3. The topological polar surface area (TPSA) is 0 Å². The Morgan fingerprint density at radius 2 is 1.20 bits per heavy atom. The van der Waals surface area contributed by atoms with Gasteiger partial charge in [-0.2, -0.15) is 0 Å². The van der Waals surface area contributed by atoms with Crippen LogP contribution in [0.15, 0.2) is 108 Å². The minimum Gasteiger partial charge on any atom is -0.112 e. The van der Waals surface area contributed by atoms with Crippen LogP contribution in [0.3, 0.4) is 0 Å². The van der Waals surface area contributed by atoms with Gasteiger partial charge in [0, 0.05) is 5.57 Å². The third kappa shape index (κ3) is 1.83. The van der Waals surface area contributed by atoms with Gasteiger partial charge in [-0.05, 0) is 46.4 Å². The first-order valence-corrected chi connectivity index (χ1v) is 8.73. The number of allylic oxidation sites excluding steroid dienone is 3. The third-order valence-corrected chi connectivity index (χ3v) is 5.39. The lowest BCUT2D eigenvalue weighted by Crippen LogP contribution is -2.28. The number of rotatable bonds is 2. The normalized spacial score (nSPS) is 16.2. The Labute approximate surface area is 148 Å². The minimum atomic E-state index is -0.289. The fourth-order valence-electron chi connectivity index (χ4n) is 4.40. The van der Waals surface area contributed by atoms with Crippen molar-refractivity contribution in [3.8, 4) is 11.1 Å². The Hall–Kier alpha value is -3.08. The van der Waals surface area contributed by atoms with Crippen LogP contribution in [0, 0.1) is 0 Å². The van der Waals surface area contributed by atoms with Crippen molar-refractivity contribution in [1.29, 1.82) is 0 Å². The molecule has 0 radical (unpaired) electrons. The second-order valence-corrected chi connectivity index (χ2v) is 6.76. The molecule has 2 aliphatic rings. The predicted molar refractivity (Wildman–Crippen MR) is 104 cm³/mol. The molecule has 25 heavy (non-hydrogen) atoms. The molecule has 5 rings (SSSR count). The van der Waals surface area contributed by atoms with Crippen LogP contribution >= 0.6 is 0 Å². The molecular formula is C25H18. The van der Waals surface area contributed by atoms with E-state index in [0.29, 0.717) is 0 Å². The van der Waals surface area contributed by atoms with Crippen molar-refractivity contribution in [2.75, 3.05) is 0 Å². The van der Waals surface area contributed by atoms with E-state index >= 15 is 0 Å². The number of hydrogen-bond acceptors (Lipinski definition) is 0. The zero-order chi connectivity index (χ0) is 16.9. The van der Waals surface area contributed by atoms with E-state index < -0.39 is 0 Å². The van der Waals surface area contributed by atoms with Crippen molar-refractivity contribution in [3.05, 3.63) is 125 Å². The standard InChI is InChI=1S/C25H18/c1-18-15-16-20(17-18)25(19-9-3-2-4-10-19)23-13-7-5-11-21(23)22-12-6-8-14-24(22)25/h2-16H,1H3. The smallest absolute Gasteiger partial charge is 0.0786 e. The van der Waals surface area contributed by atoms with E-state index in [1.807, 2.05) is 0 Å². The molecule has 0 fully saturated rings. The summed E-state index contributed by atoms with van der Waals surface area (Å²) < 4.78 is 0. The molecule has 0 aromatic heterocycles. The highest BCUT2D eigenvalue weighted by Gasteiger charge is 2.46. The Kier molecular flexibility index (Phi) is 2.98. The minimum absolute atomic E-state index is 0.289. The number of fused-ring (bicyclic) bond motifs is 3. The summed E-state index contributed by atoms with van der Waals surface area (Å²) in [5.74, 6) is 0. The molecule has 0 atom stereocenters. The van der Waals surface area contributed by atoms with E-state index in [-0.39, 0.29) is 5.41 Å². The Balaban J connectivity index is 1.99. The van der Waals surface area contributed by atoms with Gasteiger partial charge in [-0.15, -0.1) is 5.73 Å². The molecule has 3 aromatic rings. The van der Waals surface area contributed by atoms with E-state index in [2.05, 4.69) is 104 Å². The summed E-state index contributed by atoms with van der Waals surface area (Å²) in [6, 6.07) is 28.5. The summed E-state index contributed by atoms with van der Waals surface area (Å²) in [4.78, 5) is 0. The van der Waals surface area contributed by atoms with E-state index in [1.165, 1.54) is 39.0 Å².